The largest absolute Gasteiger partial charge is 0.462 e. The van der Waals surface area contributed by atoms with Crippen molar-refractivity contribution in [3.8, 4) is 11.5 Å². The zero-order chi connectivity index (χ0) is 14.9. The summed E-state index contributed by atoms with van der Waals surface area (Å²) in [7, 11) is 0. The van der Waals surface area contributed by atoms with Gasteiger partial charge < -0.3 is 13.6 Å². The Balaban J connectivity index is 1.76. The van der Waals surface area contributed by atoms with E-state index in [0.717, 1.165) is 12.8 Å². The molecule has 4 heteroatoms. The van der Waals surface area contributed by atoms with Gasteiger partial charge in [0.25, 0.3) is 0 Å². The van der Waals surface area contributed by atoms with Crippen LogP contribution in [0.25, 0.3) is 11.5 Å². The van der Waals surface area contributed by atoms with E-state index < -0.39 is 0 Å². The van der Waals surface area contributed by atoms with Gasteiger partial charge in [-0.1, -0.05) is 39.0 Å². The highest BCUT2D eigenvalue weighted by Crippen LogP contribution is 2.25. The number of furan rings is 2. The van der Waals surface area contributed by atoms with E-state index in [1.807, 2.05) is 0 Å². The van der Waals surface area contributed by atoms with Crippen LogP contribution in [0, 0.1) is 0 Å². The lowest BCUT2D eigenvalue weighted by atomic mass is 10.1. The average Bonchev–Trinajstić information content (AvgIpc) is 3.16. The first-order chi connectivity index (χ1) is 10.3. The van der Waals surface area contributed by atoms with Crippen molar-refractivity contribution in [1.82, 2.24) is 0 Å². The van der Waals surface area contributed by atoms with Crippen LogP contribution in [-0.2, 0) is 4.74 Å². The minimum Gasteiger partial charge on any atom is -0.462 e. The number of carbonyl (C=O) groups is 1. The Hall–Kier alpha value is -1.97. The third-order valence-electron chi connectivity index (χ3n) is 3.36. The molecular formula is C17H22O4. The monoisotopic (exact) mass is 290 g/mol. The number of ether oxygens (including phenoxy) is 1. The van der Waals surface area contributed by atoms with E-state index in [9.17, 15) is 4.79 Å². The number of hydrogen-bond donors (Lipinski definition) is 0. The van der Waals surface area contributed by atoms with Crippen LogP contribution in [0.2, 0.25) is 0 Å². The van der Waals surface area contributed by atoms with Gasteiger partial charge >= 0.3 is 5.97 Å². The van der Waals surface area contributed by atoms with Gasteiger partial charge in [0, 0.05) is 0 Å². The van der Waals surface area contributed by atoms with Crippen LogP contribution in [0.5, 0.6) is 0 Å². The summed E-state index contributed by atoms with van der Waals surface area (Å²) in [6.45, 7) is 2.65. The molecule has 0 atom stereocenters. The molecule has 21 heavy (non-hydrogen) atoms. The van der Waals surface area contributed by atoms with Crippen molar-refractivity contribution < 1.29 is 18.4 Å². The Labute approximate surface area is 125 Å². The molecule has 2 aromatic rings. The second-order valence-electron chi connectivity index (χ2n) is 5.04. The van der Waals surface area contributed by atoms with E-state index in [1.54, 1.807) is 24.5 Å². The number of esters is 1. The zero-order valence-electron chi connectivity index (χ0n) is 12.5. The average molecular weight is 290 g/mol. The summed E-state index contributed by atoms with van der Waals surface area (Å²) in [5.74, 6) is 0.600. The molecule has 2 heterocycles. The van der Waals surface area contributed by atoms with Gasteiger partial charge in [0.05, 0.1) is 19.1 Å². The Morgan fingerprint density at radius 2 is 1.86 bits per heavy atom. The molecule has 0 aliphatic heterocycles. The fraction of sp³-hybridized carbons (Fsp3) is 0.471. The minimum absolute atomic E-state index is 0.358. The topological polar surface area (TPSA) is 52.6 Å². The first kappa shape index (κ1) is 15.4. The Kier molecular flexibility index (Phi) is 6.13. The Morgan fingerprint density at radius 1 is 1.05 bits per heavy atom. The SMILES string of the molecule is CCCCCCCCOC(=O)c1ccoc1-c1ccco1. The molecule has 0 aliphatic carbocycles. The third-order valence-corrected chi connectivity index (χ3v) is 3.36. The summed E-state index contributed by atoms with van der Waals surface area (Å²) >= 11 is 0. The normalized spacial score (nSPS) is 10.7. The van der Waals surface area contributed by atoms with Gasteiger partial charge in [-0.3, -0.25) is 0 Å². The molecular weight excluding hydrogens is 268 g/mol. The Bertz CT molecular complexity index is 525. The fourth-order valence-electron chi connectivity index (χ4n) is 2.19. The van der Waals surface area contributed by atoms with Crippen LogP contribution in [0.3, 0.4) is 0 Å². The molecule has 0 radical (unpaired) electrons. The summed E-state index contributed by atoms with van der Waals surface area (Å²) in [6, 6.07) is 5.12. The third kappa shape index (κ3) is 4.52. The van der Waals surface area contributed by atoms with Crippen LogP contribution in [0.1, 0.15) is 55.8 Å². The van der Waals surface area contributed by atoms with Crippen molar-refractivity contribution >= 4 is 5.97 Å². The van der Waals surface area contributed by atoms with Crippen molar-refractivity contribution in [2.24, 2.45) is 0 Å². The second kappa shape index (κ2) is 8.35. The van der Waals surface area contributed by atoms with Gasteiger partial charge in [-0.15, -0.1) is 0 Å². The lowest BCUT2D eigenvalue weighted by molar-refractivity contribution is 0.0498. The van der Waals surface area contributed by atoms with E-state index >= 15 is 0 Å². The maximum atomic E-state index is 12.0. The van der Waals surface area contributed by atoms with Gasteiger partial charge in [0.15, 0.2) is 11.5 Å². The highest BCUT2D eigenvalue weighted by atomic mass is 16.5. The second-order valence-corrected chi connectivity index (χ2v) is 5.04. The lowest BCUT2D eigenvalue weighted by Gasteiger charge is -2.04. The predicted octanol–water partition coefficient (Wildman–Crippen LogP) is 5.06. The molecule has 2 aromatic heterocycles. The van der Waals surface area contributed by atoms with E-state index in [2.05, 4.69) is 6.92 Å². The zero-order valence-corrected chi connectivity index (χ0v) is 12.5. The van der Waals surface area contributed by atoms with Crippen LogP contribution in [-0.4, -0.2) is 12.6 Å². The van der Waals surface area contributed by atoms with E-state index in [4.69, 9.17) is 13.6 Å². The van der Waals surface area contributed by atoms with Crippen LogP contribution in [0.4, 0.5) is 0 Å². The first-order valence-corrected chi connectivity index (χ1v) is 7.61. The molecule has 2 rings (SSSR count). The molecule has 0 amide bonds. The van der Waals surface area contributed by atoms with Crippen molar-refractivity contribution in [1.29, 1.82) is 0 Å². The Morgan fingerprint density at radius 3 is 2.62 bits per heavy atom. The first-order valence-electron chi connectivity index (χ1n) is 7.61. The van der Waals surface area contributed by atoms with E-state index in [1.165, 1.54) is 31.9 Å². The van der Waals surface area contributed by atoms with Gasteiger partial charge in [-0.2, -0.15) is 0 Å². The van der Waals surface area contributed by atoms with Gasteiger partial charge in [0.2, 0.25) is 0 Å². The maximum absolute atomic E-state index is 12.0. The van der Waals surface area contributed by atoms with Gasteiger partial charge in [-0.25, -0.2) is 4.79 Å². The number of hydrogen-bond acceptors (Lipinski definition) is 4. The molecule has 0 aromatic carbocycles. The lowest BCUT2D eigenvalue weighted by Crippen LogP contribution is -2.06. The minimum atomic E-state index is -0.358. The highest BCUT2D eigenvalue weighted by molar-refractivity contribution is 5.95. The summed E-state index contributed by atoms with van der Waals surface area (Å²) < 4.78 is 15.8. The number of unbranched alkanes of at least 4 members (excludes halogenated alkanes) is 5. The molecule has 0 fully saturated rings. The van der Waals surface area contributed by atoms with Crippen LogP contribution < -0.4 is 0 Å². The molecule has 4 nitrogen and oxygen atoms in total. The van der Waals surface area contributed by atoms with E-state index in [0.29, 0.717) is 23.7 Å². The van der Waals surface area contributed by atoms with Gasteiger partial charge in [0.1, 0.15) is 5.56 Å². The van der Waals surface area contributed by atoms with Crippen LogP contribution >= 0.6 is 0 Å². The molecule has 0 spiro atoms. The molecule has 0 bridgehead atoms. The smallest absolute Gasteiger partial charge is 0.342 e. The number of rotatable bonds is 9. The van der Waals surface area contributed by atoms with Crippen molar-refractivity contribution in [2.45, 2.75) is 45.4 Å². The standard InChI is InChI=1S/C17H22O4/c1-2-3-4-5-6-7-11-21-17(18)14-10-13-20-16(14)15-9-8-12-19-15/h8-10,12-13H,2-7,11H2,1H3. The predicted molar refractivity (Wildman–Crippen MR) is 80.1 cm³/mol. The molecule has 0 N–H and O–H groups in total. The quantitative estimate of drug-likeness (QED) is 0.478. The fourth-order valence-corrected chi connectivity index (χ4v) is 2.19. The summed E-state index contributed by atoms with van der Waals surface area (Å²) in [5.41, 5.74) is 0.413. The van der Waals surface area contributed by atoms with Crippen molar-refractivity contribution in [3.63, 3.8) is 0 Å². The van der Waals surface area contributed by atoms with Gasteiger partial charge in [-0.05, 0) is 24.6 Å². The van der Waals surface area contributed by atoms with Crippen molar-refractivity contribution in [3.05, 3.63) is 36.3 Å². The summed E-state index contributed by atoms with van der Waals surface area (Å²) in [5, 5.41) is 0. The summed E-state index contributed by atoms with van der Waals surface area (Å²) in [6.07, 6.45) is 10.0. The molecule has 0 saturated heterocycles. The highest BCUT2D eigenvalue weighted by Gasteiger charge is 2.19. The maximum Gasteiger partial charge on any atom is 0.342 e. The molecule has 0 saturated carbocycles. The van der Waals surface area contributed by atoms with Crippen molar-refractivity contribution in [2.75, 3.05) is 6.61 Å². The van der Waals surface area contributed by atoms with Crippen LogP contribution in [0.15, 0.2) is 39.6 Å². The molecule has 0 unspecified atom stereocenters. The molecule has 0 aliphatic rings. The van der Waals surface area contributed by atoms with E-state index in [-0.39, 0.29) is 5.97 Å². The summed E-state index contributed by atoms with van der Waals surface area (Å²) in [4.78, 5) is 12.0. The number of carbonyl (C=O) groups excluding carboxylic acids is 1. The molecule has 114 valence electrons.